The number of nitrogen functional groups attached to an aromatic ring is 1. The fraction of sp³-hybridized carbons (Fsp3) is 0.312. The van der Waals surface area contributed by atoms with Crippen LogP contribution < -0.4 is 5.73 Å². The van der Waals surface area contributed by atoms with E-state index in [1.807, 2.05) is 6.07 Å². The number of amides is 1. The lowest BCUT2D eigenvalue weighted by Gasteiger charge is -2.27. The van der Waals surface area contributed by atoms with Crippen LogP contribution in [-0.2, 0) is 0 Å². The first-order valence-corrected chi connectivity index (χ1v) is 7.21. The summed E-state index contributed by atoms with van der Waals surface area (Å²) in [5.41, 5.74) is 6.69. The summed E-state index contributed by atoms with van der Waals surface area (Å²) in [6.07, 6.45) is 3.75. The number of carbonyl (C=O) groups excluding carboxylic acids is 1. The third-order valence-electron chi connectivity index (χ3n) is 4.08. The number of hydrogen-bond donors (Lipinski definition) is 1. The standard InChI is InChI=1S/C16H17FN4O/c1-10-5-8-21(14(10)11-3-2-4-12(17)9-11)16(22)13-15(18)20-7-6-19-13/h2-4,6-7,9-10,14H,5,8H2,1H3,(H2,18,20). The predicted molar refractivity (Wildman–Crippen MR) is 80.4 cm³/mol. The van der Waals surface area contributed by atoms with Crippen molar-refractivity contribution in [1.82, 2.24) is 14.9 Å². The van der Waals surface area contributed by atoms with Gasteiger partial charge in [0.15, 0.2) is 11.5 Å². The van der Waals surface area contributed by atoms with Gasteiger partial charge in [0.05, 0.1) is 6.04 Å². The van der Waals surface area contributed by atoms with Gasteiger partial charge < -0.3 is 10.6 Å². The Kier molecular flexibility index (Phi) is 3.75. The zero-order valence-corrected chi connectivity index (χ0v) is 12.2. The molecule has 2 heterocycles. The van der Waals surface area contributed by atoms with Crippen LogP contribution in [0.25, 0.3) is 0 Å². The summed E-state index contributed by atoms with van der Waals surface area (Å²) >= 11 is 0. The molecule has 2 N–H and O–H groups in total. The fourth-order valence-electron chi connectivity index (χ4n) is 3.02. The molecule has 5 nitrogen and oxygen atoms in total. The number of halogens is 1. The van der Waals surface area contributed by atoms with Gasteiger partial charge in [0.25, 0.3) is 5.91 Å². The number of nitrogens with zero attached hydrogens (tertiary/aromatic N) is 3. The largest absolute Gasteiger partial charge is 0.382 e. The maximum atomic E-state index is 13.5. The van der Waals surface area contributed by atoms with Crippen molar-refractivity contribution in [2.75, 3.05) is 12.3 Å². The first kappa shape index (κ1) is 14.4. The van der Waals surface area contributed by atoms with E-state index in [0.29, 0.717) is 6.54 Å². The highest BCUT2D eigenvalue weighted by Crippen LogP contribution is 2.38. The van der Waals surface area contributed by atoms with Crippen molar-refractivity contribution in [3.05, 3.63) is 53.7 Å². The molecule has 0 saturated carbocycles. The van der Waals surface area contributed by atoms with Crippen LogP contribution in [0.15, 0.2) is 36.7 Å². The summed E-state index contributed by atoms with van der Waals surface area (Å²) in [5, 5.41) is 0. The Morgan fingerprint density at radius 3 is 2.86 bits per heavy atom. The minimum atomic E-state index is -0.303. The lowest BCUT2D eigenvalue weighted by molar-refractivity contribution is 0.0715. The molecule has 0 spiro atoms. The molecule has 1 aliphatic rings. The second kappa shape index (κ2) is 5.71. The molecule has 6 heteroatoms. The summed E-state index contributed by atoms with van der Waals surface area (Å²) in [4.78, 5) is 22.4. The molecule has 1 aliphatic heterocycles. The minimum Gasteiger partial charge on any atom is -0.382 e. The van der Waals surface area contributed by atoms with Crippen LogP contribution in [0.5, 0.6) is 0 Å². The number of carbonyl (C=O) groups is 1. The summed E-state index contributed by atoms with van der Waals surface area (Å²) < 4.78 is 13.5. The number of rotatable bonds is 2. The van der Waals surface area contributed by atoms with E-state index in [2.05, 4.69) is 16.9 Å². The average molecular weight is 300 g/mol. The molecule has 1 fully saturated rings. The summed E-state index contributed by atoms with van der Waals surface area (Å²) in [5.74, 6) is -0.207. The van der Waals surface area contributed by atoms with Crippen LogP contribution in [0.1, 0.15) is 35.4 Å². The quantitative estimate of drug-likeness (QED) is 0.924. The van der Waals surface area contributed by atoms with Gasteiger partial charge in [-0.05, 0) is 30.0 Å². The third kappa shape index (κ3) is 2.52. The van der Waals surface area contributed by atoms with Crippen LogP contribution in [0.4, 0.5) is 10.2 Å². The first-order chi connectivity index (χ1) is 10.6. The third-order valence-corrected chi connectivity index (χ3v) is 4.08. The zero-order valence-electron chi connectivity index (χ0n) is 12.2. The van der Waals surface area contributed by atoms with Gasteiger partial charge >= 0.3 is 0 Å². The van der Waals surface area contributed by atoms with E-state index >= 15 is 0 Å². The van der Waals surface area contributed by atoms with Crippen LogP contribution in [0, 0.1) is 11.7 Å². The lowest BCUT2D eigenvalue weighted by Crippen LogP contribution is -2.33. The summed E-state index contributed by atoms with van der Waals surface area (Å²) in [7, 11) is 0. The van der Waals surface area contributed by atoms with E-state index in [1.54, 1.807) is 11.0 Å². The molecule has 1 aromatic carbocycles. The predicted octanol–water partition coefficient (Wildman–Crippen LogP) is 2.42. The summed E-state index contributed by atoms with van der Waals surface area (Å²) in [6, 6.07) is 6.21. The van der Waals surface area contributed by atoms with Crippen LogP contribution in [0.2, 0.25) is 0 Å². The fourth-order valence-corrected chi connectivity index (χ4v) is 3.02. The van der Waals surface area contributed by atoms with Crippen molar-refractivity contribution in [2.24, 2.45) is 5.92 Å². The van der Waals surface area contributed by atoms with E-state index in [-0.39, 0.29) is 35.2 Å². The van der Waals surface area contributed by atoms with Gasteiger partial charge in [0.1, 0.15) is 5.82 Å². The van der Waals surface area contributed by atoms with Crippen molar-refractivity contribution >= 4 is 11.7 Å². The number of anilines is 1. The zero-order chi connectivity index (χ0) is 15.7. The number of hydrogen-bond acceptors (Lipinski definition) is 4. The van der Waals surface area contributed by atoms with E-state index < -0.39 is 0 Å². The molecule has 0 aliphatic carbocycles. The Hall–Kier alpha value is -2.50. The molecular formula is C16H17FN4O. The highest BCUT2D eigenvalue weighted by Gasteiger charge is 2.37. The van der Waals surface area contributed by atoms with E-state index in [0.717, 1.165) is 12.0 Å². The highest BCUT2D eigenvalue weighted by atomic mass is 19.1. The van der Waals surface area contributed by atoms with Crippen LogP contribution >= 0.6 is 0 Å². The molecular weight excluding hydrogens is 283 g/mol. The molecule has 3 rings (SSSR count). The van der Waals surface area contributed by atoms with Gasteiger partial charge in [-0.15, -0.1) is 0 Å². The van der Waals surface area contributed by atoms with Gasteiger partial charge in [-0.3, -0.25) is 4.79 Å². The van der Waals surface area contributed by atoms with Gasteiger partial charge in [-0.25, -0.2) is 14.4 Å². The second-order valence-electron chi connectivity index (χ2n) is 5.55. The van der Waals surface area contributed by atoms with Crippen molar-refractivity contribution in [3.63, 3.8) is 0 Å². The van der Waals surface area contributed by atoms with E-state index in [1.165, 1.54) is 24.5 Å². The van der Waals surface area contributed by atoms with Crippen molar-refractivity contribution in [2.45, 2.75) is 19.4 Å². The van der Waals surface area contributed by atoms with Gasteiger partial charge in [0, 0.05) is 18.9 Å². The average Bonchev–Trinajstić information content (AvgIpc) is 2.89. The smallest absolute Gasteiger partial charge is 0.276 e. The molecule has 1 aromatic heterocycles. The normalized spacial score (nSPS) is 21.1. The highest BCUT2D eigenvalue weighted by molar-refractivity contribution is 5.96. The molecule has 2 unspecified atom stereocenters. The first-order valence-electron chi connectivity index (χ1n) is 7.21. The topological polar surface area (TPSA) is 72.1 Å². The molecule has 2 atom stereocenters. The Balaban J connectivity index is 1.96. The SMILES string of the molecule is CC1CCN(C(=O)c2nccnc2N)C1c1cccc(F)c1. The Labute approximate surface area is 128 Å². The van der Waals surface area contributed by atoms with Crippen molar-refractivity contribution in [1.29, 1.82) is 0 Å². The number of nitrogens with two attached hydrogens (primary N) is 1. The number of benzene rings is 1. The monoisotopic (exact) mass is 300 g/mol. The Bertz CT molecular complexity index is 706. The second-order valence-corrected chi connectivity index (χ2v) is 5.55. The molecule has 0 bridgehead atoms. The van der Waals surface area contributed by atoms with Crippen molar-refractivity contribution in [3.8, 4) is 0 Å². The molecule has 22 heavy (non-hydrogen) atoms. The van der Waals surface area contributed by atoms with Gasteiger partial charge in [0.2, 0.25) is 0 Å². The molecule has 0 radical (unpaired) electrons. The number of aromatic nitrogens is 2. The molecule has 114 valence electrons. The summed E-state index contributed by atoms with van der Waals surface area (Å²) in [6.45, 7) is 2.65. The molecule has 2 aromatic rings. The van der Waals surface area contributed by atoms with E-state index in [4.69, 9.17) is 5.73 Å². The maximum Gasteiger partial charge on any atom is 0.276 e. The Morgan fingerprint density at radius 1 is 1.36 bits per heavy atom. The lowest BCUT2D eigenvalue weighted by atomic mass is 9.95. The number of likely N-dealkylation sites (tertiary alicyclic amines) is 1. The van der Waals surface area contributed by atoms with Gasteiger partial charge in [-0.2, -0.15) is 0 Å². The van der Waals surface area contributed by atoms with Gasteiger partial charge in [-0.1, -0.05) is 19.1 Å². The van der Waals surface area contributed by atoms with E-state index in [9.17, 15) is 9.18 Å². The molecule has 1 saturated heterocycles. The van der Waals surface area contributed by atoms with Crippen LogP contribution in [-0.4, -0.2) is 27.3 Å². The van der Waals surface area contributed by atoms with Crippen LogP contribution in [0.3, 0.4) is 0 Å². The van der Waals surface area contributed by atoms with Crippen molar-refractivity contribution < 1.29 is 9.18 Å². The maximum absolute atomic E-state index is 13.5. The minimum absolute atomic E-state index is 0.116. The molecule has 1 amide bonds. The Morgan fingerprint density at radius 2 is 2.14 bits per heavy atom.